The largest absolute Gasteiger partial charge is 0.356 e. The van der Waals surface area contributed by atoms with Gasteiger partial charge >= 0.3 is 0 Å². The van der Waals surface area contributed by atoms with Crippen molar-refractivity contribution in [3.63, 3.8) is 0 Å². The fourth-order valence-electron chi connectivity index (χ4n) is 2.94. The van der Waals surface area contributed by atoms with Crippen molar-refractivity contribution in [2.45, 2.75) is 32.7 Å². The third-order valence-corrected chi connectivity index (χ3v) is 4.71. The monoisotopic (exact) mass is 348 g/mol. The predicted octanol–water partition coefficient (Wildman–Crippen LogP) is 6.01. The summed E-state index contributed by atoms with van der Waals surface area (Å²) in [7, 11) is 0. The third kappa shape index (κ3) is 4.18. The summed E-state index contributed by atoms with van der Waals surface area (Å²) >= 11 is 5.52. The molecule has 0 heterocycles. The van der Waals surface area contributed by atoms with Crippen molar-refractivity contribution in [3.05, 3.63) is 77.9 Å². The van der Waals surface area contributed by atoms with E-state index >= 15 is 0 Å². The lowest BCUT2D eigenvalue weighted by Gasteiger charge is -2.19. The summed E-state index contributed by atoms with van der Waals surface area (Å²) in [6.07, 6.45) is 0. The van der Waals surface area contributed by atoms with Gasteiger partial charge in [-0.3, -0.25) is 0 Å². The topological polar surface area (TPSA) is 24.1 Å². The molecule has 0 radical (unpaired) electrons. The van der Waals surface area contributed by atoms with Gasteiger partial charge < -0.3 is 10.6 Å². The van der Waals surface area contributed by atoms with Gasteiger partial charge in [0.2, 0.25) is 0 Å². The molecule has 0 aliphatic heterocycles. The number of hydrogen-bond acceptors (Lipinski definition) is 1. The molecule has 25 heavy (non-hydrogen) atoms. The molecule has 1 unspecified atom stereocenters. The Balaban J connectivity index is 1.69. The zero-order chi connectivity index (χ0) is 17.8. The number of rotatable bonds is 4. The first-order chi connectivity index (χ1) is 12.0. The molecule has 2 nitrogen and oxygen atoms in total. The highest BCUT2D eigenvalue weighted by molar-refractivity contribution is 7.80. The van der Waals surface area contributed by atoms with Crippen LogP contribution < -0.4 is 10.6 Å². The van der Waals surface area contributed by atoms with Gasteiger partial charge in [0.1, 0.15) is 0 Å². The second-order valence-electron chi connectivity index (χ2n) is 6.67. The lowest BCUT2D eigenvalue weighted by atomic mass is 10.00. The summed E-state index contributed by atoms with van der Waals surface area (Å²) in [5.41, 5.74) is 3.61. The van der Waals surface area contributed by atoms with E-state index in [1.54, 1.807) is 0 Å². The molecule has 1 atom stereocenters. The van der Waals surface area contributed by atoms with Gasteiger partial charge in [0.05, 0.1) is 6.04 Å². The van der Waals surface area contributed by atoms with Crippen molar-refractivity contribution >= 4 is 33.8 Å². The van der Waals surface area contributed by atoms with Gasteiger partial charge in [0, 0.05) is 11.1 Å². The number of hydrogen-bond donors (Lipinski definition) is 2. The van der Waals surface area contributed by atoms with Crippen molar-refractivity contribution in [3.8, 4) is 0 Å². The molecule has 3 aromatic carbocycles. The molecular weight excluding hydrogens is 324 g/mol. The standard InChI is InChI=1S/C22H24N2S/c1-15(2)17-11-13-18(14-12-17)16(3)23-22(25)24-21-10-6-8-19-7-4-5-9-20(19)21/h4-16H,1-3H3,(H2,23,24,25). The van der Waals surface area contributed by atoms with Crippen LogP contribution in [0.1, 0.15) is 43.9 Å². The maximum Gasteiger partial charge on any atom is 0.171 e. The number of nitrogens with one attached hydrogen (secondary N) is 2. The predicted molar refractivity (Wildman–Crippen MR) is 112 cm³/mol. The van der Waals surface area contributed by atoms with Gasteiger partial charge in [-0.25, -0.2) is 0 Å². The van der Waals surface area contributed by atoms with Crippen LogP contribution in [0.15, 0.2) is 66.7 Å². The minimum absolute atomic E-state index is 0.149. The zero-order valence-corrected chi connectivity index (χ0v) is 15.7. The fraction of sp³-hybridized carbons (Fsp3) is 0.227. The van der Waals surface area contributed by atoms with Crippen LogP contribution in [0.3, 0.4) is 0 Å². The Labute approximate surface area is 155 Å². The number of thiocarbonyl (C=S) groups is 1. The molecule has 0 bridgehead atoms. The number of anilines is 1. The molecule has 0 aliphatic carbocycles. The first kappa shape index (κ1) is 17.4. The van der Waals surface area contributed by atoms with E-state index in [2.05, 4.69) is 79.9 Å². The van der Waals surface area contributed by atoms with E-state index in [0.717, 1.165) is 5.69 Å². The van der Waals surface area contributed by atoms with Gasteiger partial charge in [-0.2, -0.15) is 0 Å². The van der Waals surface area contributed by atoms with Crippen molar-refractivity contribution in [1.82, 2.24) is 5.32 Å². The summed E-state index contributed by atoms with van der Waals surface area (Å²) in [5, 5.41) is 9.72. The summed E-state index contributed by atoms with van der Waals surface area (Å²) in [6.45, 7) is 6.54. The van der Waals surface area contributed by atoms with Gasteiger partial charge in [-0.15, -0.1) is 0 Å². The molecule has 0 saturated carbocycles. The highest BCUT2D eigenvalue weighted by Crippen LogP contribution is 2.23. The lowest BCUT2D eigenvalue weighted by Crippen LogP contribution is -2.30. The minimum atomic E-state index is 0.149. The quantitative estimate of drug-likeness (QED) is 0.565. The molecular formula is C22H24N2S. The molecule has 0 fully saturated rings. The van der Waals surface area contributed by atoms with Gasteiger partial charge in [-0.05, 0) is 47.6 Å². The fourth-order valence-corrected chi connectivity index (χ4v) is 3.23. The Morgan fingerprint density at radius 1 is 0.800 bits per heavy atom. The van der Waals surface area contributed by atoms with Crippen molar-refractivity contribution in [2.24, 2.45) is 0 Å². The van der Waals surface area contributed by atoms with Gasteiger partial charge in [0.15, 0.2) is 5.11 Å². The van der Waals surface area contributed by atoms with E-state index in [-0.39, 0.29) is 6.04 Å². The van der Waals surface area contributed by atoms with Crippen LogP contribution in [0.5, 0.6) is 0 Å². The van der Waals surface area contributed by atoms with E-state index in [1.165, 1.54) is 21.9 Å². The molecule has 0 spiro atoms. The Morgan fingerprint density at radius 2 is 1.44 bits per heavy atom. The van der Waals surface area contributed by atoms with Crippen LogP contribution in [-0.4, -0.2) is 5.11 Å². The minimum Gasteiger partial charge on any atom is -0.356 e. The first-order valence-corrected chi connectivity index (χ1v) is 9.10. The molecule has 0 saturated heterocycles. The maximum absolute atomic E-state index is 5.52. The van der Waals surface area contributed by atoms with Crippen LogP contribution in [-0.2, 0) is 0 Å². The van der Waals surface area contributed by atoms with Gasteiger partial charge in [-0.1, -0.05) is 74.5 Å². The summed E-state index contributed by atoms with van der Waals surface area (Å²) in [4.78, 5) is 0. The van der Waals surface area contributed by atoms with Crippen LogP contribution in [0.2, 0.25) is 0 Å². The van der Waals surface area contributed by atoms with Crippen molar-refractivity contribution in [1.29, 1.82) is 0 Å². The van der Waals surface area contributed by atoms with E-state index in [0.29, 0.717) is 11.0 Å². The maximum atomic E-state index is 5.52. The zero-order valence-electron chi connectivity index (χ0n) is 14.9. The van der Waals surface area contributed by atoms with E-state index < -0.39 is 0 Å². The first-order valence-electron chi connectivity index (χ1n) is 8.69. The van der Waals surface area contributed by atoms with Crippen LogP contribution >= 0.6 is 12.2 Å². The third-order valence-electron chi connectivity index (χ3n) is 4.49. The summed E-state index contributed by atoms with van der Waals surface area (Å²) in [6, 6.07) is 23.4. The molecule has 128 valence electrons. The SMILES string of the molecule is CC(C)c1ccc(C(C)NC(=S)Nc2cccc3ccccc23)cc1. The van der Waals surface area contributed by atoms with E-state index in [9.17, 15) is 0 Å². The Hall–Kier alpha value is -2.39. The average molecular weight is 349 g/mol. The molecule has 2 N–H and O–H groups in total. The van der Waals surface area contributed by atoms with Crippen molar-refractivity contribution in [2.75, 3.05) is 5.32 Å². The van der Waals surface area contributed by atoms with Gasteiger partial charge in [0.25, 0.3) is 0 Å². The Morgan fingerprint density at radius 3 is 2.16 bits per heavy atom. The Bertz CT molecular complexity index is 863. The normalized spacial score (nSPS) is 12.2. The van der Waals surface area contributed by atoms with Crippen LogP contribution in [0.25, 0.3) is 10.8 Å². The summed E-state index contributed by atoms with van der Waals surface area (Å²) in [5.74, 6) is 0.548. The molecule has 0 amide bonds. The lowest BCUT2D eigenvalue weighted by molar-refractivity contribution is 0.721. The Kier molecular flexibility index (Phi) is 5.34. The summed E-state index contributed by atoms with van der Waals surface area (Å²) < 4.78 is 0. The molecule has 0 aliphatic rings. The molecule has 3 aromatic rings. The second-order valence-corrected chi connectivity index (χ2v) is 7.08. The van der Waals surface area contributed by atoms with E-state index in [4.69, 9.17) is 12.2 Å². The highest BCUT2D eigenvalue weighted by atomic mass is 32.1. The number of benzene rings is 3. The smallest absolute Gasteiger partial charge is 0.171 e. The van der Waals surface area contributed by atoms with E-state index in [1.807, 2.05) is 18.2 Å². The number of fused-ring (bicyclic) bond motifs is 1. The molecule has 0 aromatic heterocycles. The van der Waals surface area contributed by atoms with Crippen LogP contribution in [0.4, 0.5) is 5.69 Å². The highest BCUT2D eigenvalue weighted by Gasteiger charge is 2.09. The van der Waals surface area contributed by atoms with Crippen LogP contribution in [0, 0.1) is 0 Å². The molecule has 3 heteroatoms. The average Bonchev–Trinajstić information content (AvgIpc) is 2.62. The van der Waals surface area contributed by atoms with Crippen molar-refractivity contribution < 1.29 is 0 Å². The molecule has 3 rings (SSSR count). The second kappa shape index (κ2) is 7.66.